The van der Waals surface area contributed by atoms with Gasteiger partial charge in [0.1, 0.15) is 17.8 Å². The van der Waals surface area contributed by atoms with E-state index < -0.39 is 0 Å². The fraction of sp³-hybridized carbons (Fsp3) is 0.111. The molecule has 2 aromatic carbocycles. The van der Waals surface area contributed by atoms with Gasteiger partial charge in [0.25, 0.3) is 0 Å². The number of nitrogen functional groups attached to an aromatic ring is 1. The van der Waals surface area contributed by atoms with Crippen LogP contribution in [0.1, 0.15) is 5.56 Å². The van der Waals surface area contributed by atoms with E-state index in [2.05, 4.69) is 20.6 Å². The maximum absolute atomic E-state index is 6.18. The van der Waals surface area contributed by atoms with Crippen LogP contribution in [0.4, 0.5) is 23.0 Å². The van der Waals surface area contributed by atoms with Gasteiger partial charge in [-0.25, -0.2) is 9.97 Å². The summed E-state index contributed by atoms with van der Waals surface area (Å²) in [5, 5.41) is 7.36. The summed E-state index contributed by atoms with van der Waals surface area (Å²) in [6.07, 6.45) is 1.42. The number of benzene rings is 2. The zero-order chi connectivity index (χ0) is 18.5. The van der Waals surface area contributed by atoms with Gasteiger partial charge in [0.2, 0.25) is 0 Å². The quantitative estimate of drug-likeness (QED) is 0.564. The van der Waals surface area contributed by atoms with Crippen LogP contribution in [-0.4, -0.2) is 17.1 Å². The van der Waals surface area contributed by atoms with Gasteiger partial charge in [-0.2, -0.15) is 0 Å². The summed E-state index contributed by atoms with van der Waals surface area (Å²) in [4.78, 5) is 8.38. The highest BCUT2D eigenvalue weighted by Gasteiger charge is 2.10. The maximum Gasteiger partial charge on any atom is 0.159 e. The van der Waals surface area contributed by atoms with Crippen molar-refractivity contribution in [3.63, 3.8) is 0 Å². The standard InChI is InChI=1S/C18H17Cl2N5O/c1-26-13-5-2-11(3-6-13)9-22-17-16(21)18(24-10-23-17)25-15-8-12(19)4-7-14(15)20/h2-8,10H,9,21H2,1H3,(H2,22,23,24,25). The van der Waals surface area contributed by atoms with Crippen molar-refractivity contribution in [2.45, 2.75) is 6.54 Å². The molecule has 0 radical (unpaired) electrons. The minimum Gasteiger partial charge on any atom is -0.497 e. The number of halogens is 2. The molecular weight excluding hydrogens is 373 g/mol. The van der Waals surface area contributed by atoms with E-state index in [0.29, 0.717) is 39.6 Å². The van der Waals surface area contributed by atoms with Crippen molar-refractivity contribution in [1.29, 1.82) is 0 Å². The first-order valence-electron chi connectivity index (χ1n) is 7.76. The predicted molar refractivity (Wildman–Crippen MR) is 107 cm³/mol. The Hall–Kier alpha value is -2.70. The molecule has 3 aromatic rings. The number of nitrogens with one attached hydrogen (secondary N) is 2. The summed E-state index contributed by atoms with van der Waals surface area (Å²) in [5.41, 5.74) is 8.25. The third kappa shape index (κ3) is 4.28. The van der Waals surface area contributed by atoms with Crippen LogP contribution >= 0.6 is 23.2 Å². The fourth-order valence-electron chi connectivity index (χ4n) is 2.29. The molecule has 0 aliphatic heterocycles. The lowest BCUT2D eigenvalue weighted by Gasteiger charge is -2.13. The highest BCUT2D eigenvalue weighted by atomic mass is 35.5. The average molecular weight is 390 g/mol. The lowest BCUT2D eigenvalue weighted by Crippen LogP contribution is -2.08. The summed E-state index contributed by atoms with van der Waals surface area (Å²) in [7, 11) is 1.63. The molecule has 6 nitrogen and oxygen atoms in total. The molecule has 0 atom stereocenters. The van der Waals surface area contributed by atoms with Gasteiger partial charge >= 0.3 is 0 Å². The fourth-order valence-corrected chi connectivity index (χ4v) is 2.62. The van der Waals surface area contributed by atoms with Crippen molar-refractivity contribution in [2.24, 2.45) is 0 Å². The monoisotopic (exact) mass is 389 g/mol. The molecule has 26 heavy (non-hydrogen) atoms. The lowest BCUT2D eigenvalue weighted by molar-refractivity contribution is 0.414. The highest BCUT2D eigenvalue weighted by molar-refractivity contribution is 6.35. The van der Waals surface area contributed by atoms with E-state index in [-0.39, 0.29) is 0 Å². The third-order valence-electron chi connectivity index (χ3n) is 3.68. The van der Waals surface area contributed by atoms with Gasteiger partial charge in [0, 0.05) is 11.6 Å². The number of nitrogens with two attached hydrogens (primary N) is 1. The van der Waals surface area contributed by atoms with Gasteiger partial charge < -0.3 is 21.1 Å². The van der Waals surface area contributed by atoms with Crippen molar-refractivity contribution in [3.05, 3.63) is 64.4 Å². The molecule has 1 aromatic heterocycles. The van der Waals surface area contributed by atoms with Gasteiger partial charge in [0.15, 0.2) is 11.6 Å². The van der Waals surface area contributed by atoms with Gasteiger partial charge in [-0.15, -0.1) is 0 Å². The molecule has 1 heterocycles. The molecule has 0 unspecified atom stereocenters. The number of nitrogens with zero attached hydrogens (tertiary/aromatic N) is 2. The molecule has 0 saturated carbocycles. The van der Waals surface area contributed by atoms with Crippen molar-refractivity contribution >= 4 is 46.2 Å². The molecule has 0 saturated heterocycles. The molecule has 0 bridgehead atoms. The molecule has 134 valence electrons. The van der Waals surface area contributed by atoms with Gasteiger partial charge in [-0.1, -0.05) is 35.3 Å². The molecule has 0 aliphatic carbocycles. The van der Waals surface area contributed by atoms with Crippen LogP contribution < -0.4 is 21.1 Å². The van der Waals surface area contributed by atoms with Crippen LogP contribution in [0.5, 0.6) is 5.75 Å². The van der Waals surface area contributed by atoms with Crippen molar-refractivity contribution in [3.8, 4) is 5.75 Å². The second kappa shape index (κ2) is 8.12. The van der Waals surface area contributed by atoms with E-state index >= 15 is 0 Å². The SMILES string of the molecule is COc1ccc(CNc2ncnc(Nc3cc(Cl)ccc3Cl)c2N)cc1. The molecule has 8 heteroatoms. The molecule has 0 aliphatic rings. The number of methoxy groups -OCH3 is 1. The number of ether oxygens (including phenoxy) is 1. The lowest BCUT2D eigenvalue weighted by atomic mass is 10.2. The van der Waals surface area contributed by atoms with E-state index in [0.717, 1.165) is 11.3 Å². The Morgan fingerprint density at radius 2 is 1.77 bits per heavy atom. The molecule has 3 rings (SSSR count). The topological polar surface area (TPSA) is 85.1 Å². The van der Waals surface area contributed by atoms with Gasteiger partial charge in [0.05, 0.1) is 17.8 Å². The van der Waals surface area contributed by atoms with E-state index in [1.165, 1.54) is 6.33 Å². The number of anilines is 4. The normalized spacial score (nSPS) is 10.4. The second-order valence-electron chi connectivity index (χ2n) is 5.44. The maximum atomic E-state index is 6.18. The number of hydrogen-bond donors (Lipinski definition) is 3. The summed E-state index contributed by atoms with van der Waals surface area (Å²) >= 11 is 12.2. The number of aromatic nitrogens is 2. The molecule has 0 fully saturated rings. The van der Waals surface area contributed by atoms with Crippen LogP contribution in [0, 0.1) is 0 Å². The number of rotatable bonds is 6. The molecular formula is C18H17Cl2N5O. The molecule has 0 amide bonds. The van der Waals surface area contributed by atoms with Gasteiger partial charge in [-0.3, -0.25) is 0 Å². The minimum absolute atomic E-state index is 0.386. The Labute approximate surface area is 161 Å². The Morgan fingerprint density at radius 1 is 1.04 bits per heavy atom. The highest BCUT2D eigenvalue weighted by Crippen LogP contribution is 2.31. The van der Waals surface area contributed by atoms with E-state index in [9.17, 15) is 0 Å². The van der Waals surface area contributed by atoms with Crippen LogP contribution in [0.2, 0.25) is 10.0 Å². The second-order valence-corrected chi connectivity index (χ2v) is 6.28. The molecule has 4 N–H and O–H groups in total. The van der Waals surface area contributed by atoms with Crippen molar-refractivity contribution < 1.29 is 4.74 Å². The summed E-state index contributed by atoms with van der Waals surface area (Å²) in [5.74, 6) is 1.78. The number of hydrogen-bond acceptors (Lipinski definition) is 6. The Morgan fingerprint density at radius 3 is 2.50 bits per heavy atom. The summed E-state index contributed by atoms with van der Waals surface area (Å²) in [6, 6.07) is 12.8. The van der Waals surface area contributed by atoms with Crippen LogP contribution in [0.3, 0.4) is 0 Å². The van der Waals surface area contributed by atoms with E-state index in [1.54, 1.807) is 25.3 Å². The first-order valence-corrected chi connectivity index (χ1v) is 8.52. The third-order valence-corrected chi connectivity index (χ3v) is 4.25. The van der Waals surface area contributed by atoms with E-state index in [4.69, 9.17) is 33.7 Å². The predicted octanol–water partition coefficient (Wildman–Crippen LogP) is 4.73. The summed E-state index contributed by atoms with van der Waals surface area (Å²) < 4.78 is 5.15. The van der Waals surface area contributed by atoms with Crippen molar-refractivity contribution in [1.82, 2.24) is 9.97 Å². The summed E-state index contributed by atoms with van der Waals surface area (Å²) in [6.45, 7) is 0.558. The Bertz CT molecular complexity index is 903. The smallest absolute Gasteiger partial charge is 0.159 e. The van der Waals surface area contributed by atoms with Gasteiger partial charge in [-0.05, 0) is 35.9 Å². The average Bonchev–Trinajstić information content (AvgIpc) is 2.66. The van der Waals surface area contributed by atoms with E-state index in [1.807, 2.05) is 24.3 Å². The minimum atomic E-state index is 0.386. The van der Waals surface area contributed by atoms with Crippen LogP contribution in [0.25, 0.3) is 0 Å². The zero-order valence-corrected chi connectivity index (χ0v) is 15.5. The van der Waals surface area contributed by atoms with Crippen LogP contribution in [-0.2, 0) is 6.54 Å². The first kappa shape index (κ1) is 18.1. The molecule has 0 spiro atoms. The first-order chi connectivity index (χ1) is 12.6. The largest absolute Gasteiger partial charge is 0.497 e. The Kier molecular flexibility index (Phi) is 5.65. The zero-order valence-electron chi connectivity index (χ0n) is 14.0. The Balaban J connectivity index is 1.75. The van der Waals surface area contributed by atoms with Crippen molar-refractivity contribution in [2.75, 3.05) is 23.5 Å². The van der Waals surface area contributed by atoms with Crippen LogP contribution in [0.15, 0.2) is 48.8 Å².